The fourth-order valence-corrected chi connectivity index (χ4v) is 3.60. The van der Waals surface area contributed by atoms with Crippen LogP contribution >= 0.6 is 11.6 Å². The molecule has 0 bridgehead atoms. The molecular weight excluding hydrogens is 356 g/mol. The number of hydrogen-bond acceptors (Lipinski definition) is 5. The molecule has 26 heavy (non-hydrogen) atoms. The number of fused-ring (bicyclic) bond motifs is 2. The summed E-state index contributed by atoms with van der Waals surface area (Å²) in [6.45, 7) is 0. The Morgan fingerprint density at radius 2 is 0.808 bits per heavy atom. The topological polar surface area (TPSA) is 101 Å². The fraction of sp³-hybridized carbons (Fsp3) is 0. The van der Waals surface area contributed by atoms with Crippen molar-refractivity contribution in [1.82, 2.24) is 0 Å². The highest BCUT2D eigenvalue weighted by molar-refractivity contribution is 6.42. The van der Waals surface area contributed by atoms with Gasteiger partial charge >= 0.3 is 0 Å². The van der Waals surface area contributed by atoms with E-state index in [1.807, 2.05) is 0 Å². The second-order valence-corrected chi connectivity index (χ2v) is 6.28. The van der Waals surface area contributed by atoms with Crippen LogP contribution in [-0.4, -0.2) is 25.5 Å². The van der Waals surface area contributed by atoms with Gasteiger partial charge in [-0.3, -0.25) is 0 Å². The van der Waals surface area contributed by atoms with Crippen LogP contribution in [0.5, 0.6) is 28.7 Å². The number of phenols is 5. The van der Waals surface area contributed by atoms with E-state index in [0.29, 0.717) is 32.1 Å². The molecule has 4 aromatic rings. The van der Waals surface area contributed by atoms with Crippen LogP contribution in [-0.2, 0) is 0 Å². The van der Waals surface area contributed by atoms with Crippen molar-refractivity contribution in [3.63, 3.8) is 0 Å². The average Bonchev–Trinajstić information content (AvgIpc) is 2.67. The maximum absolute atomic E-state index is 10.4. The molecule has 0 aromatic heterocycles. The van der Waals surface area contributed by atoms with Crippen LogP contribution in [0.4, 0.5) is 0 Å². The molecule has 5 nitrogen and oxygen atoms in total. The van der Waals surface area contributed by atoms with Gasteiger partial charge in [0.25, 0.3) is 0 Å². The van der Waals surface area contributed by atoms with Crippen molar-refractivity contribution in [3.8, 4) is 39.9 Å². The van der Waals surface area contributed by atoms with Gasteiger partial charge in [0.15, 0.2) is 11.5 Å². The Morgan fingerprint density at radius 3 is 1.23 bits per heavy atom. The highest BCUT2D eigenvalue weighted by atomic mass is 35.5. The standard InChI is InChI=1S/C20H13ClO5/c21-15-11-7-3-1-5-9(11)13(10-6-2-4-8-12(10)15)14-16(22)18(24)20(26)19(25)17(14)23/h1-8,22-26H. The Bertz CT molecular complexity index is 1110. The minimum absolute atomic E-state index is 0.193. The van der Waals surface area contributed by atoms with Gasteiger partial charge in [0.1, 0.15) is 0 Å². The predicted octanol–water partition coefficient (Wildman–Crippen LogP) is 4.84. The van der Waals surface area contributed by atoms with Crippen LogP contribution < -0.4 is 0 Å². The molecule has 0 saturated heterocycles. The van der Waals surface area contributed by atoms with Crippen molar-refractivity contribution in [2.75, 3.05) is 0 Å². The molecule has 130 valence electrons. The van der Waals surface area contributed by atoms with Gasteiger partial charge in [-0.25, -0.2) is 0 Å². The Kier molecular flexibility index (Phi) is 3.49. The average molecular weight is 369 g/mol. The second kappa shape index (κ2) is 5.61. The number of halogens is 1. The van der Waals surface area contributed by atoms with Crippen LogP contribution in [0.25, 0.3) is 32.7 Å². The zero-order valence-electron chi connectivity index (χ0n) is 13.2. The number of rotatable bonds is 1. The first-order valence-electron chi connectivity index (χ1n) is 7.71. The Hall–Kier alpha value is -3.31. The highest BCUT2D eigenvalue weighted by Crippen LogP contribution is 2.57. The molecule has 5 N–H and O–H groups in total. The smallest absolute Gasteiger partial charge is 0.208 e. The van der Waals surface area contributed by atoms with Crippen molar-refractivity contribution in [2.24, 2.45) is 0 Å². The lowest BCUT2D eigenvalue weighted by Gasteiger charge is -2.17. The summed E-state index contributed by atoms with van der Waals surface area (Å²) < 4.78 is 0. The summed E-state index contributed by atoms with van der Waals surface area (Å²) in [6, 6.07) is 14.2. The summed E-state index contributed by atoms with van der Waals surface area (Å²) in [7, 11) is 0. The van der Waals surface area contributed by atoms with E-state index in [-0.39, 0.29) is 5.56 Å². The lowest BCUT2D eigenvalue weighted by Crippen LogP contribution is -1.90. The normalized spacial score (nSPS) is 11.3. The predicted molar refractivity (Wildman–Crippen MR) is 100 cm³/mol. The molecule has 0 radical (unpaired) electrons. The van der Waals surface area contributed by atoms with Crippen molar-refractivity contribution < 1.29 is 25.5 Å². The van der Waals surface area contributed by atoms with E-state index in [0.717, 1.165) is 0 Å². The number of aromatic hydroxyl groups is 5. The lowest BCUT2D eigenvalue weighted by molar-refractivity contribution is 0.330. The van der Waals surface area contributed by atoms with Crippen molar-refractivity contribution in [3.05, 3.63) is 53.6 Å². The molecule has 0 heterocycles. The molecule has 0 aliphatic rings. The SMILES string of the molecule is Oc1c(O)c(O)c(-c2c3ccccc3c(Cl)c3ccccc23)c(O)c1O. The molecule has 4 aromatic carbocycles. The number of benzene rings is 4. The molecule has 6 heteroatoms. The lowest BCUT2D eigenvalue weighted by atomic mass is 9.90. The molecule has 0 fully saturated rings. The third-order valence-electron chi connectivity index (χ3n) is 4.49. The first-order chi connectivity index (χ1) is 12.4. The van der Waals surface area contributed by atoms with Gasteiger partial charge in [-0.1, -0.05) is 60.1 Å². The van der Waals surface area contributed by atoms with E-state index >= 15 is 0 Å². The second-order valence-electron chi connectivity index (χ2n) is 5.90. The van der Waals surface area contributed by atoms with Gasteiger partial charge < -0.3 is 25.5 Å². The largest absolute Gasteiger partial charge is 0.504 e. The Labute approximate surface area is 152 Å². The molecule has 0 spiro atoms. The zero-order chi connectivity index (χ0) is 18.6. The van der Waals surface area contributed by atoms with Crippen molar-refractivity contribution in [2.45, 2.75) is 0 Å². The van der Waals surface area contributed by atoms with Gasteiger partial charge in [0.05, 0.1) is 10.6 Å². The maximum atomic E-state index is 10.4. The summed E-state index contributed by atoms with van der Waals surface area (Å²) in [5.74, 6) is -4.31. The van der Waals surface area contributed by atoms with Gasteiger partial charge in [-0.2, -0.15) is 0 Å². The molecule has 4 rings (SSSR count). The first kappa shape index (κ1) is 16.2. The third kappa shape index (κ3) is 2.04. The molecule has 0 amide bonds. The van der Waals surface area contributed by atoms with Crippen LogP contribution in [0, 0.1) is 0 Å². The quantitative estimate of drug-likeness (QED) is 0.188. The summed E-state index contributed by atoms with van der Waals surface area (Å²) in [6.07, 6.45) is 0. The van der Waals surface area contributed by atoms with Gasteiger partial charge in [0.2, 0.25) is 17.2 Å². The monoisotopic (exact) mass is 368 g/mol. The summed E-state index contributed by atoms with van der Waals surface area (Å²) in [5, 5.41) is 53.5. The van der Waals surface area contributed by atoms with Gasteiger partial charge in [-0.15, -0.1) is 0 Å². The maximum Gasteiger partial charge on any atom is 0.208 e. The number of phenolic OH excluding ortho intramolecular Hbond substituents is 5. The van der Waals surface area contributed by atoms with E-state index in [9.17, 15) is 25.5 Å². The van der Waals surface area contributed by atoms with E-state index < -0.39 is 28.7 Å². The van der Waals surface area contributed by atoms with Gasteiger partial charge in [0, 0.05) is 16.3 Å². The molecule has 0 aliphatic heterocycles. The van der Waals surface area contributed by atoms with Crippen molar-refractivity contribution in [1.29, 1.82) is 0 Å². The number of hydrogen-bond donors (Lipinski definition) is 5. The minimum Gasteiger partial charge on any atom is -0.504 e. The minimum atomic E-state index is -0.994. The summed E-state index contributed by atoms with van der Waals surface area (Å²) >= 11 is 6.54. The molecule has 0 saturated carbocycles. The van der Waals surface area contributed by atoms with E-state index in [4.69, 9.17) is 11.6 Å². The third-order valence-corrected chi connectivity index (χ3v) is 4.89. The molecule has 0 unspecified atom stereocenters. The van der Waals surface area contributed by atoms with Crippen LogP contribution in [0.15, 0.2) is 48.5 Å². The summed E-state index contributed by atoms with van der Waals surface area (Å²) in [5.41, 5.74) is 0.183. The van der Waals surface area contributed by atoms with E-state index in [1.54, 1.807) is 48.5 Å². The van der Waals surface area contributed by atoms with E-state index in [1.165, 1.54) is 0 Å². The van der Waals surface area contributed by atoms with Gasteiger partial charge in [-0.05, 0) is 10.8 Å². The highest BCUT2D eigenvalue weighted by Gasteiger charge is 2.27. The van der Waals surface area contributed by atoms with Crippen LogP contribution in [0.1, 0.15) is 0 Å². The molecular formula is C20H13ClO5. The Balaban J connectivity index is 2.32. The van der Waals surface area contributed by atoms with Crippen molar-refractivity contribution >= 4 is 33.1 Å². The molecule has 0 atom stereocenters. The van der Waals surface area contributed by atoms with Crippen LogP contribution in [0.2, 0.25) is 5.02 Å². The Morgan fingerprint density at radius 1 is 0.462 bits per heavy atom. The fourth-order valence-electron chi connectivity index (χ4n) is 3.27. The summed E-state index contributed by atoms with van der Waals surface area (Å²) in [4.78, 5) is 0. The first-order valence-corrected chi connectivity index (χ1v) is 8.09. The van der Waals surface area contributed by atoms with Crippen LogP contribution in [0.3, 0.4) is 0 Å². The van der Waals surface area contributed by atoms with E-state index in [2.05, 4.69) is 0 Å². The zero-order valence-corrected chi connectivity index (χ0v) is 14.0. The molecule has 0 aliphatic carbocycles.